The monoisotopic (exact) mass is 272 g/mol. The number of aromatic hydroxyl groups is 1. The van der Waals surface area contributed by atoms with Crippen LogP contribution in [0, 0.1) is 0 Å². The quantitative estimate of drug-likeness (QED) is 0.825. The van der Waals surface area contributed by atoms with E-state index < -0.39 is 0 Å². The van der Waals surface area contributed by atoms with Gasteiger partial charge in [0.1, 0.15) is 22.6 Å². The van der Waals surface area contributed by atoms with Crippen LogP contribution < -0.4 is 0 Å². The highest BCUT2D eigenvalue weighted by atomic mass is 32.2. The maximum absolute atomic E-state index is 9.41. The van der Waals surface area contributed by atoms with Crippen LogP contribution in [0.25, 0.3) is 10.9 Å². The van der Waals surface area contributed by atoms with E-state index in [-0.39, 0.29) is 17.6 Å². The number of rotatable bonds is 2. The molecule has 0 bridgehead atoms. The molecule has 0 aliphatic carbocycles. The largest absolute Gasteiger partial charge is 0.511 e. The summed E-state index contributed by atoms with van der Waals surface area (Å²) in [5.74, 6) is 1.01. The van der Waals surface area contributed by atoms with E-state index in [9.17, 15) is 10.2 Å². The highest BCUT2D eigenvalue weighted by Gasteiger charge is 2.22. The lowest BCUT2D eigenvalue weighted by atomic mass is 10.2. The lowest BCUT2D eigenvalue weighted by Gasteiger charge is -2.02. The first-order chi connectivity index (χ1) is 9.13. The Hall–Kier alpha value is -2.01. The van der Waals surface area contributed by atoms with Gasteiger partial charge in [0, 0.05) is 11.1 Å². The van der Waals surface area contributed by atoms with Gasteiger partial charge in [-0.1, -0.05) is 12.6 Å². The average molecular weight is 272 g/mol. The Kier molecular flexibility index (Phi) is 2.91. The first kappa shape index (κ1) is 12.0. The van der Waals surface area contributed by atoms with E-state index in [1.54, 1.807) is 30.0 Å². The van der Waals surface area contributed by atoms with Crippen molar-refractivity contribution in [2.45, 2.75) is 6.04 Å². The second-order valence-electron chi connectivity index (χ2n) is 4.33. The fourth-order valence-electron chi connectivity index (χ4n) is 1.92. The van der Waals surface area contributed by atoms with Gasteiger partial charge in [0.2, 0.25) is 0 Å². The molecule has 4 nitrogen and oxygen atoms in total. The van der Waals surface area contributed by atoms with Crippen LogP contribution in [0.5, 0.6) is 5.75 Å². The van der Waals surface area contributed by atoms with Crippen LogP contribution in [-0.4, -0.2) is 32.0 Å². The minimum absolute atomic E-state index is 0.0909. The van der Waals surface area contributed by atoms with Crippen molar-refractivity contribution in [1.82, 2.24) is 4.98 Å². The zero-order chi connectivity index (χ0) is 13.4. The van der Waals surface area contributed by atoms with Crippen LogP contribution in [0.15, 0.2) is 47.7 Å². The molecule has 2 N–H and O–H groups in total. The predicted octanol–water partition coefficient (Wildman–Crippen LogP) is 2.87. The van der Waals surface area contributed by atoms with Gasteiger partial charge >= 0.3 is 0 Å². The Bertz CT molecular complexity index is 697. The van der Waals surface area contributed by atoms with E-state index in [0.29, 0.717) is 5.75 Å². The van der Waals surface area contributed by atoms with Gasteiger partial charge in [0.15, 0.2) is 0 Å². The van der Waals surface area contributed by atoms with Crippen molar-refractivity contribution in [3.8, 4) is 5.75 Å². The predicted molar refractivity (Wildman–Crippen MR) is 78.0 cm³/mol. The molecule has 0 spiro atoms. The summed E-state index contributed by atoms with van der Waals surface area (Å²) < 4.78 is 0. The highest BCUT2D eigenvalue weighted by molar-refractivity contribution is 8.14. The van der Waals surface area contributed by atoms with Crippen LogP contribution in [0.2, 0.25) is 0 Å². The number of benzene rings is 1. The Morgan fingerprint density at radius 3 is 2.89 bits per heavy atom. The van der Waals surface area contributed by atoms with Gasteiger partial charge in [-0.05, 0) is 24.3 Å². The molecule has 3 rings (SSSR count). The lowest BCUT2D eigenvalue weighted by molar-refractivity contribution is 0.381. The van der Waals surface area contributed by atoms with E-state index in [4.69, 9.17) is 0 Å². The first-order valence-electron chi connectivity index (χ1n) is 5.82. The molecule has 0 fully saturated rings. The number of thioether (sulfide) groups is 1. The molecule has 1 unspecified atom stereocenters. The van der Waals surface area contributed by atoms with Crippen molar-refractivity contribution in [3.05, 3.63) is 48.4 Å². The number of hydrogen-bond donors (Lipinski definition) is 2. The van der Waals surface area contributed by atoms with Gasteiger partial charge in [-0.2, -0.15) is 0 Å². The molecule has 2 heterocycles. The number of phenols is 1. The molecule has 1 aromatic heterocycles. The van der Waals surface area contributed by atoms with Crippen LogP contribution in [-0.2, 0) is 0 Å². The number of pyridine rings is 1. The molecule has 96 valence electrons. The summed E-state index contributed by atoms with van der Waals surface area (Å²) >= 11 is 1.56. The van der Waals surface area contributed by atoms with Crippen molar-refractivity contribution in [1.29, 1.82) is 0 Å². The number of phenolic OH excluding ortho intramolecular Hbond substituents is 1. The summed E-state index contributed by atoms with van der Waals surface area (Å²) in [5, 5.41) is 20.5. The Labute approximate surface area is 114 Å². The van der Waals surface area contributed by atoms with Crippen LogP contribution >= 0.6 is 11.8 Å². The summed E-state index contributed by atoms with van der Waals surface area (Å²) in [6.45, 7) is 3.51. The third kappa shape index (κ3) is 2.29. The number of aliphatic hydroxyl groups is 1. The molecular formula is C14H12N2O2S. The SMILES string of the molecule is C=C(O)C1CSC(c2ccc3cc(O)ccc3n2)=N1. The van der Waals surface area contributed by atoms with Crippen molar-refractivity contribution in [2.24, 2.45) is 4.99 Å². The van der Waals surface area contributed by atoms with Crippen LogP contribution in [0.1, 0.15) is 5.69 Å². The molecule has 0 saturated heterocycles. The zero-order valence-electron chi connectivity index (χ0n) is 10.1. The van der Waals surface area contributed by atoms with E-state index >= 15 is 0 Å². The normalized spacial score (nSPS) is 18.5. The van der Waals surface area contributed by atoms with Crippen molar-refractivity contribution < 1.29 is 10.2 Å². The number of aromatic nitrogens is 1. The minimum atomic E-state index is -0.239. The van der Waals surface area contributed by atoms with Crippen LogP contribution in [0.4, 0.5) is 0 Å². The maximum atomic E-state index is 9.41. The molecule has 1 aliphatic heterocycles. The van der Waals surface area contributed by atoms with Crippen molar-refractivity contribution in [2.75, 3.05) is 5.75 Å². The molecule has 0 saturated carbocycles. The van der Waals surface area contributed by atoms with Gasteiger partial charge < -0.3 is 10.2 Å². The molecule has 1 atom stereocenters. The minimum Gasteiger partial charge on any atom is -0.511 e. The summed E-state index contributed by atoms with van der Waals surface area (Å²) in [4.78, 5) is 8.92. The summed E-state index contributed by atoms with van der Waals surface area (Å²) in [6, 6.07) is 8.60. The standard InChI is InChI=1S/C14H12N2O2S/c1-8(17)13-7-19-14(16-13)12-4-2-9-6-10(18)3-5-11(9)15-12/h2-6,13,17-18H,1,7H2. The van der Waals surface area contributed by atoms with E-state index in [0.717, 1.165) is 21.6 Å². The molecule has 19 heavy (non-hydrogen) atoms. The number of aliphatic hydroxyl groups excluding tert-OH is 1. The smallest absolute Gasteiger partial charge is 0.117 e. The van der Waals surface area contributed by atoms with Gasteiger partial charge in [-0.3, -0.25) is 4.99 Å². The summed E-state index contributed by atoms with van der Waals surface area (Å²) in [6.07, 6.45) is 0. The lowest BCUT2D eigenvalue weighted by Crippen LogP contribution is -2.05. The van der Waals surface area contributed by atoms with Gasteiger partial charge in [0.05, 0.1) is 11.2 Å². The van der Waals surface area contributed by atoms with Gasteiger partial charge in [-0.25, -0.2) is 4.98 Å². The maximum Gasteiger partial charge on any atom is 0.117 e. The fraction of sp³-hybridized carbons (Fsp3) is 0.143. The van der Waals surface area contributed by atoms with Crippen molar-refractivity contribution >= 4 is 27.7 Å². The van der Waals surface area contributed by atoms with Crippen LogP contribution in [0.3, 0.4) is 0 Å². The summed E-state index contributed by atoms with van der Waals surface area (Å²) in [7, 11) is 0. The van der Waals surface area contributed by atoms with Crippen molar-refractivity contribution in [3.63, 3.8) is 0 Å². The van der Waals surface area contributed by atoms with E-state index in [1.807, 2.05) is 12.1 Å². The molecular weight excluding hydrogens is 260 g/mol. The highest BCUT2D eigenvalue weighted by Crippen LogP contribution is 2.26. The summed E-state index contributed by atoms with van der Waals surface area (Å²) in [5.41, 5.74) is 1.59. The third-order valence-corrected chi connectivity index (χ3v) is 4.00. The van der Waals surface area contributed by atoms with E-state index in [1.165, 1.54) is 0 Å². The number of aliphatic imine (C=N–C) groups is 1. The molecule has 2 aromatic rings. The second-order valence-corrected chi connectivity index (χ2v) is 5.33. The zero-order valence-corrected chi connectivity index (χ0v) is 10.9. The average Bonchev–Trinajstić information content (AvgIpc) is 2.88. The Balaban J connectivity index is 2.00. The molecule has 1 aliphatic rings. The number of fused-ring (bicyclic) bond motifs is 1. The Morgan fingerprint density at radius 2 is 2.16 bits per heavy atom. The van der Waals surface area contributed by atoms with Gasteiger partial charge in [0.25, 0.3) is 0 Å². The number of nitrogens with zero attached hydrogens (tertiary/aromatic N) is 2. The topological polar surface area (TPSA) is 65.7 Å². The molecule has 5 heteroatoms. The van der Waals surface area contributed by atoms with E-state index in [2.05, 4.69) is 16.6 Å². The number of hydrogen-bond acceptors (Lipinski definition) is 5. The second kappa shape index (κ2) is 4.59. The molecule has 1 aromatic carbocycles. The first-order valence-corrected chi connectivity index (χ1v) is 6.80. The third-order valence-electron chi connectivity index (χ3n) is 2.93. The molecule has 0 radical (unpaired) electrons. The fourth-order valence-corrected chi connectivity index (χ4v) is 2.96. The molecule has 0 amide bonds. The Morgan fingerprint density at radius 1 is 1.32 bits per heavy atom. The van der Waals surface area contributed by atoms with Gasteiger partial charge in [-0.15, -0.1) is 11.8 Å².